The van der Waals surface area contributed by atoms with E-state index in [4.69, 9.17) is 0 Å². The standard InChI is InChI=1S/C10H8F4O/c1-2-3-7-4-5-8(6-9(7)11)15-10(12,13)14/h2,4-6H,1,3H2. The van der Waals surface area contributed by atoms with Gasteiger partial charge in [0.15, 0.2) is 0 Å². The molecule has 0 heterocycles. The number of hydrogen-bond donors (Lipinski definition) is 0. The number of rotatable bonds is 3. The predicted molar refractivity (Wildman–Crippen MR) is 47.0 cm³/mol. The molecule has 82 valence electrons. The van der Waals surface area contributed by atoms with Crippen molar-refractivity contribution in [2.75, 3.05) is 0 Å². The fourth-order valence-corrected chi connectivity index (χ4v) is 1.05. The van der Waals surface area contributed by atoms with Gasteiger partial charge in [-0.3, -0.25) is 0 Å². The van der Waals surface area contributed by atoms with Crippen LogP contribution in [0.2, 0.25) is 0 Å². The highest BCUT2D eigenvalue weighted by atomic mass is 19.4. The van der Waals surface area contributed by atoms with E-state index in [0.29, 0.717) is 6.07 Å². The lowest BCUT2D eigenvalue weighted by molar-refractivity contribution is -0.274. The number of hydrogen-bond acceptors (Lipinski definition) is 1. The summed E-state index contributed by atoms with van der Waals surface area (Å²) in [5.74, 6) is -1.30. The van der Waals surface area contributed by atoms with Crippen molar-refractivity contribution in [3.63, 3.8) is 0 Å². The fraction of sp³-hybridized carbons (Fsp3) is 0.200. The zero-order chi connectivity index (χ0) is 11.5. The molecule has 1 aromatic carbocycles. The summed E-state index contributed by atoms with van der Waals surface area (Å²) >= 11 is 0. The van der Waals surface area contributed by atoms with E-state index >= 15 is 0 Å². The second-order valence-electron chi connectivity index (χ2n) is 2.79. The molecule has 0 spiro atoms. The number of benzene rings is 1. The van der Waals surface area contributed by atoms with E-state index in [2.05, 4.69) is 11.3 Å². The Bertz CT molecular complexity index is 357. The predicted octanol–water partition coefficient (Wildman–Crippen LogP) is 3.45. The zero-order valence-electron chi connectivity index (χ0n) is 7.64. The van der Waals surface area contributed by atoms with Crippen LogP contribution in [0.4, 0.5) is 17.6 Å². The number of ether oxygens (including phenoxy) is 1. The first-order valence-electron chi connectivity index (χ1n) is 4.07. The third-order valence-corrected chi connectivity index (χ3v) is 1.62. The minimum Gasteiger partial charge on any atom is -0.406 e. The van der Waals surface area contributed by atoms with Crippen molar-refractivity contribution in [1.29, 1.82) is 0 Å². The molecule has 0 bridgehead atoms. The van der Waals surface area contributed by atoms with Crippen LogP contribution < -0.4 is 4.74 Å². The van der Waals surface area contributed by atoms with Crippen molar-refractivity contribution in [2.45, 2.75) is 12.8 Å². The van der Waals surface area contributed by atoms with Gasteiger partial charge >= 0.3 is 6.36 Å². The minimum atomic E-state index is -4.80. The molecule has 0 aromatic heterocycles. The quantitative estimate of drug-likeness (QED) is 0.560. The highest BCUT2D eigenvalue weighted by molar-refractivity contribution is 5.30. The third kappa shape index (κ3) is 3.61. The van der Waals surface area contributed by atoms with Gasteiger partial charge in [0, 0.05) is 6.07 Å². The Balaban J connectivity index is 2.86. The van der Waals surface area contributed by atoms with Gasteiger partial charge in [0.1, 0.15) is 11.6 Å². The van der Waals surface area contributed by atoms with E-state index in [-0.39, 0.29) is 12.0 Å². The molecule has 0 fully saturated rings. The normalized spacial score (nSPS) is 11.2. The molecular formula is C10H8F4O. The first-order chi connectivity index (χ1) is 6.92. The van der Waals surface area contributed by atoms with Crippen LogP contribution in [-0.2, 0) is 6.42 Å². The summed E-state index contributed by atoms with van der Waals surface area (Å²) in [7, 11) is 0. The molecule has 0 amide bonds. The van der Waals surface area contributed by atoms with Crippen LogP contribution in [0.1, 0.15) is 5.56 Å². The van der Waals surface area contributed by atoms with Crippen LogP contribution in [-0.4, -0.2) is 6.36 Å². The Hall–Kier alpha value is -1.52. The Morgan fingerprint density at radius 3 is 2.47 bits per heavy atom. The molecule has 0 atom stereocenters. The van der Waals surface area contributed by atoms with Crippen molar-refractivity contribution in [3.05, 3.63) is 42.2 Å². The number of alkyl halides is 3. The second kappa shape index (κ2) is 4.33. The van der Waals surface area contributed by atoms with Gasteiger partial charge in [-0.25, -0.2) is 4.39 Å². The van der Waals surface area contributed by atoms with Crippen molar-refractivity contribution < 1.29 is 22.3 Å². The van der Waals surface area contributed by atoms with E-state index in [9.17, 15) is 17.6 Å². The Labute approximate surface area is 84.0 Å². The van der Waals surface area contributed by atoms with Crippen molar-refractivity contribution >= 4 is 0 Å². The van der Waals surface area contributed by atoms with Crippen molar-refractivity contribution in [2.24, 2.45) is 0 Å². The van der Waals surface area contributed by atoms with E-state index in [1.165, 1.54) is 12.1 Å². The average Bonchev–Trinajstić information content (AvgIpc) is 2.07. The van der Waals surface area contributed by atoms with Crippen LogP contribution in [0.25, 0.3) is 0 Å². The number of allylic oxidation sites excluding steroid dienone is 1. The van der Waals surface area contributed by atoms with E-state index in [1.54, 1.807) is 0 Å². The van der Waals surface area contributed by atoms with Crippen LogP contribution in [0.5, 0.6) is 5.75 Å². The van der Waals surface area contributed by atoms with Crippen LogP contribution in [0.15, 0.2) is 30.9 Å². The molecule has 5 heteroatoms. The Morgan fingerprint density at radius 2 is 2.00 bits per heavy atom. The Morgan fingerprint density at radius 1 is 1.33 bits per heavy atom. The van der Waals surface area contributed by atoms with Crippen LogP contribution in [0, 0.1) is 5.82 Å². The molecule has 0 aliphatic carbocycles. The molecule has 0 saturated heterocycles. The molecule has 0 unspecified atom stereocenters. The molecule has 1 rings (SSSR count). The zero-order valence-corrected chi connectivity index (χ0v) is 7.64. The van der Waals surface area contributed by atoms with Gasteiger partial charge in [0.05, 0.1) is 0 Å². The molecule has 1 aromatic rings. The Kier molecular flexibility index (Phi) is 3.34. The second-order valence-corrected chi connectivity index (χ2v) is 2.79. The lowest BCUT2D eigenvalue weighted by Crippen LogP contribution is -2.17. The summed E-state index contributed by atoms with van der Waals surface area (Å²) in [6, 6.07) is 3.00. The summed E-state index contributed by atoms with van der Waals surface area (Å²) < 4.78 is 51.9. The maximum atomic E-state index is 13.1. The van der Waals surface area contributed by atoms with Crippen molar-refractivity contribution in [3.8, 4) is 5.75 Å². The largest absolute Gasteiger partial charge is 0.573 e. The van der Waals surface area contributed by atoms with E-state index < -0.39 is 17.9 Å². The lowest BCUT2D eigenvalue weighted by Gasteiger charge is -2.09. The molecule has 0 saturated carbocycles. The SMILES string of the molecule is C=CCc1ccc(OC(F)(F)F)cc1F. The first-order valence-corrected chi connectivity index (χ1v) is 4.07. The molecule has 0 N–H and O–H groups in total. The summed E-state index contributed by atoms with van der Waals surface area (Å²) in [4.78, 5) is 0. The molecular weight excluding hydrogens is 212 g/mol. The van der Waals surface area contributed by atoms with Gasteiger partial charge in [-0.2, -0.15) is 0 Å². The molecule has 0 aliphatic heterocycles. The van der Waals surface area contributed by atoms with Gasteiger partial charge < -0.3 is 4.74 Å². The fourth-order valence-electron chi connectivity index (χ4n) is 1.05. The smallest absolute Gasteiger partial charge is 0.406 e. The molecule has 0 radical (unpaired) electrons. The molecule has 15 heavy (non-hydrogen) atoms. The highest BCUT2D eigenvalue weighted by Gasteiger charge is 2.31. The summed E-state index contributed by atoms with van der Waals surface area (Å²) in [6.45, 7) is 3.40. The summed E-state index contributed by atoms with van der Waals surface area (Å²) in [5, 5.41) is 0. The minimum absolute atomic E-state index is 0.262. The van der Waals surface area contributed by atoms with Crippen molar-refractivity contribution in [1.82, 2.24) is 0 Å². The van der Waals surface area contributed by atoms with Gasteiger partial charge in [-0.05, 0) is 18.1 Å². The molecule has 0 aliphatic rings. The summed E-state index contributed by atoms with van der Waals surface area (Å²) in [5.41, 5.74) is 0.277. The average molecular weight is 220 g/mol. The van der Waals surface area contributed by atoms with Gasteiger partial charge in [-0.15, -0.1) is 19.8 Å². The number of halogens is 4. The maximum absolute atomic E-state index is 13.1. The van der Waals surface area contributed by atoms with Gasteiger partial charge in [0.25, 0.3) is 0 Å². The van der Waals surface area contributed by atoms with Gasteiger partial charge in [-0.1, -0.05) is 12.1 Å². The highest BCUT2D eigenvalue weighted by Crippen LogP contribution is 2.24. The lowest BCUT2D eigenvalue weighted by atomic mass is 10.1. The van der Waals surface area contributed by atoms with Crippen LogP contribution in [0.3, 0.4) is 0 Å². The van der Waals surface area contributed by atoms with Crippen LogP contribution >= 0.6 is 0 Å². The third-order valence-electron chi connectivity index (χ3n) is 1.62. The van der Waals surface area contributed by atoms with Gasteiger partial charge in [0.2, 0.25) is 0 Å². The monoisotopic (exact) mass is 220 g/mol. The maximum Gasteiger partial charge on any atom is 0.573 e. The summed E-state index contributed by atoms with van der Waals surface area (Å²) in [6.07, 6.45) is -3.08. The molecule has 1 nitrogen and oxygen atoms in total. The topological polar surface area (TPSA) is 9.23 Å². The first kappa shape index (κ1) is 11.6. The van der Waals surface area contributed by atoms with E-state index in [0.717, 1.165) is 6.07 Å². The van der Waals surface area contributed by atoms with E-state index in [1.807, 2.05) is 0 Å².